The van der Waals surface area contributed by atoms with Gasteiger partial charge in [0.25, 0.3) is 0 Å². The first-order valence-electron chi connectivity index (χ1n) is 7.97. The maximum Gasteiger partial charge on any atom is 0.0624 e. The minimum Gasteiger partial charge on any atom is -0.310 e. The molecule has 1 unspecified atom stereocenters. The van der Waals surface area contributed by atoms with Gasteiger partial charge in [0, 0.05) is 37.1 Å². The second kappa shape index (κ2) is 7.93. The summed E-state index contributed by atoms with van der Waals surface area (Å²) in [6, 6.07) is 6.68. The second-order valence-corrected chi connectivity index (χ2v) is 5.29. The predicted octanol–water partition coefficient (Wildman–Crippen LogP) is 3.14. The Hall–Kier alpha value is -1.68. The van der Waals surface area contributed by atoms with E-state index >= 15 is 0 Å². The monoisotopic (exact) mass is 286 g/mol. The molecule has 2 aromatic heterocycles. The predicted molar refractivity (Wildman–Crippen MR) is 86.3 cm³/mol. The average molecular weight is 286 g/mol. The number of pyridine rings is 1. The molecule has 21 heavy (non-hydrogen) atoms. The third-order valence-electron chi connectivity index (χ3n) is 3.72. The van der Waals surface area contributed by atoms with Crippen LogP contribution < -0.4 is 5.32 Å². The average Bonchev–Trinajstić information content (AvgIpc) is 2.94. The van der Waals surface area contributed by atoms with Gasteiger partial charge in [-0.25, -0.2) is 0 Å². The van der Waals surface area contributed by atoms with Crippen LogP contribution in [0.4, 0.5) is 0 Å². The third-order valence-corrected chi connectivity index (χ3v) is 3.72. The van der Waals surface area contributed by atoms with E-state index in [4.69, 9.17) is 0 Å². The molecule has 114 valence electrons. The summed E-state index contributed by atoms with van der Waals surface area (Å²) in [6.45, 7) is 8.43. The van der Waals surface area contributed by atoms with Crippen LogP contribution in [0.2, 0.25) is 0 Å². The van der Waals surface area contributed by atoms with Crippen LogP contribution in [-0.2, 0) is 19.4 Å². The molecule has 2 aromatic rings. The zero-order valence-electron chi connectivity index (χ0n) is 13.3. The molecule has 0 aromatic carbocycles. The summed E-state index contributed by atoms with van der Waals surface area (Å²) < 4.78 is 2.12. The van der Waals surface area contributed by atoms with E-state index in [0.717, 1.165) is 32.4 Å². The zero-order valence-corrected chi connectivity index (χ0v) is 13.3. The van der Waals surface area contributed by atoms with Gasteiger partial charge in [-0.2, -0.15) is 5.10 Å². The van der Waals surface area contributed by atoms with Crippen molar-refractivity contribution in [1.29, 1.82) is 0 Å². The van der Waals surface area contributed by atoms with Crippen molar-refractivity contribution in [2.24, 2.45) is 0 Å². The van der Waals surface area contributed by atoms with E-state index in [2.05, 4.69) is 53.0 Å². The lowest BCUT2D eigenvalue weighted by molar-refractivity contribution is 0.501. The highest BCUT2D eigenvalue weighted by molar-refractivity contribution is 5.19. The maximum absolute atomic E-state index is 4.65. The van der Waals surface area contributed by atoms with Crippen molar-refractivity contribution >= 4 is 0 Å². The quantitative estimate of drug-likeness (QED) is 0.810. The van der Waals surface area contributed by atoms with E-state index in [-0.39, 0.29) is 0 Å². The Morgan fingerprint density at radius 3 is 2.76 bits per heavy atom. The molecule has 4 heteroatoms. The Kier molecular flexibility index (Phi) is 5.93. The number of nitrogens with one attached hydrogen (secondary N) is 1. The van der Waals surface area contributed by atoms with Crippen molar-refractivity contribution in [2.75, 3.05) is 6.54 Å². The Balaban J connectivity index is 2.20. The summed E-state index contributed by atoms with van der Waals surface area (Å²) in [5.74, 6) is 0. The van der Waals surface area contributed by atoms with Gasteiger partial charge in [-0.1, -0.05) is 19.9 Å². The molecule has 0 saturated carbocycles. The molecular formula is C17H26N4. The Bertz CT molecular complexity index is 533. The van der Waals surface area contributed by atoms with Crippen LogP contribution in [0.25, 0.3) is 0 Å². The van der Waals surface area contributed by atoms with Gasteiger partial charge in [0.15, 0.2) is 0 Å². The van der Waals surface area contributed by atoms with Crippen molar-refractivity contribution in [1.82, 2.24) is 20.1 Å². The van der Waals surface area contributed by atoms with Gasteiger partial charge in [0.05, 0.1) is 5.69 Å². The molecule has 0 spiro atoms. The van der Waals surface area contributed by atoms with Crippen LogP contribution >= 0.6 is 0 Å². The molecule has 0 aliphatic carbocycles. The van der Waals surface area contributed by atoms with Crippen LogP contribution in [0.15, 0.2) is 30.6 Å². The van der Waals surface area contributed by atoms with Crippen LogP contribution in [-0.4, -0.2) is 21.3 Å². The SMILES string of the molecule is CCCNC(Cc1cc(CC)nn1CC)c1cccnc1. The Labute approximate surface area is 127 Å². The molecule has 0 saturated heterocycles. The van der Waals surface area contributed by atoms with E-state index in [9.17, 15) is 0 Å². The van der Waals surface area contributed by atoms with Crippen molar-refractivity contribution in [3.8, 4) is 0 Å². The highest BCUT2D eigenvalue weighted by Crippen LogP contribution is 2.19. The first kappa shape index (κ1) is 15.7. The molecule has 2 rings (SSSR count). The molecule has 0 bridgehead atoms. The molecule has 0 fully saturated rings. The number of hydrogen-bond donors (Lipinski definition) is 1. The lowest BCUT2D eigenvalue weighted by Gasteiger charge is -2.19. The van der Waals surface area contributed by atoms with E-state index in [1.165, 1.54) is 17.0 Å². The van der Waals surface area contributed by atoms with Gasteiger partial charge >= 0.3 is 0 Å². The molecule has 2 heterocycles. The molecular weight excluding hydrogens is 260 g/mol. The zero-order chi connectivity index (χ0) is 15.1. The Morgan fingerprint density at radius 1 is 1.29 bits per heavy atom. The van der Waals surface area contributed by atoms with Gasteiger partial charge in [0.2, 0.25) is 0 Å². The lowest BCUT2D eigenvalue weighted by Crippen LogP contribution is -2.25. The van der Waals surface area contributed by atoms with Crippen LogP contribution in [0.3, 0.4) is 0 Å². The van der Waals surface area contributed by atoms with Crippen LogP contribution in [0.5, 0.6) is 0 Å². The molecule has 0 aliphatic heterocycles. The van der Waals surface area contributed by atoms with Crippen molar-refractivity contribution < 1.29 is 0 Å². The summed E-state index contributed by atoms with van der Waals surface area (Å²) in [5, 5.41) is 8.28. The molecule has 0 radical (unpaired) electrons. The smallest absolute Gasteiger partial charge is 0.0624 e. The Morgan fingerprint density at radius 2 is 2.14 bits per heavy atom. The van der Waals surface area contributed by atoms with E-state index in [1.54, 1.807) is 0 Å². The standard InChI is InChI=1S/C17H26N4/c1-4-9-19-17(14-8-7-10-18-13-14)12-16-11-15(5-2)20-21(16)6-3/h7-8,10-11,13,17,19H,4-6,9,12H2,1-3H3. The highest BCUT2D eigenvalue weighted by Gasteiger charge is 2.15. The number of aromatic nitrogens is 3. The van der Waals surface area contributed by atoms with E-state index < -0.39 is 0 Å². The molecule has 1 atom stereocenters. The molecule has 0 aliphatic rings. The molecule has 0 amide bonds. The molecule has 1 N–H and O–H groups in total. The minimum absolute atomic E-state index is 0.297. The number of rotatable bonds is 8. The minimum atomic E-state index is 0.297. The van der Waals surface area contributed by atoms with Crippen LogP contribution in [0.1, 0.15) is 50.2 Å². The topological polar surface area (TPSA) is 42.7 Å². The van der Waals surface area contributed by atoms with Gasteiger partial charge in [-0.15, -0.1) is 0 Å². The normalized spacial score (nSPS) is 12.5. The number of aryl methyl sites for hydroxylation is 2. The van der Waals surface area contributed by atoms with Crippen molar-refractivity contribution in [3.05, 3.63) is 47.5 Å². The van der Waals surface area contributed by atoms with Crippen molar-refractivity contribution in [2.45, 2.75) is 52.6 Å². The highest BCUT2D eigenvalue weighted by atomic mass is 15.3. The van der Waals surface area contributed by atoms with E-state index in [1.807, 2.05) is 18.5 Å². The van der Waals surface area contributed by atoms with Gasteiger partial charge < -0.3 is 5.32 Å². The summed E-state index contributed by atoms with van der Waals surface area (Å²) in [7, 11) is 0. The third kappa shape index (κ3) is 4.14. The maximum atomic E-state index is 4.65. The van der Waals surface area contributed by atoms with Gasteiger partial charge in [-0.05, 0) is 44.0 Å². The van der Waals surface area contributed by atoms with Crippen LogP contribution in [0, 0.1) is 0 Å². The largest absolute Gasteiger partial charge is 0.310 e. The number of hydrogen-bond acceptors (Lipinski definition) is 3. The summed E-state index contributed by atoms with van der Waals surface area (Å²) in [6.07, 6.45) is 6.85. The lowest BCUT2D eigenvalue weighted by atomic mass is 10.0. The molecule has 4 nitrogen and oxygen atoms in total. The van der Waals surface area contributed by atoms with Gasteiger partial charge in [0.1, 0.15) is 0 Å². The second-order valence-electron chi connectivity index (χ2n) is 5.29. The summed E-state index contributed by atoms with van der Waals surface area (Å²) in [5.41, 5.74) is 3.71. The van der Waals surface area contributed by atoms with E-state index in [0.29, 0.717) is 6.04 Å². The fraction of sp³-hybridized carbons (Fsp3) is 0.529. The first-order valence-corrected chi connectivity index (χ1v) is 7.97. The summed E-state index contributed by atoms with van der Waals surface area (Å²) in [4.78, 5) is 4.26. The number of nitrogens with zero attached hydrogens (tertiary/aromatic N) is 3. The van der Waals surface area contributed by atoms with Crippen molar-refractivity contribution in [3.63, 3.8) is 0 Å². The van der Waals surface area contributed by atoms with Gasteiger partial charge in [-0.3, -0.25) is 9.67 Å². The first-order chi connectivity index (χ1) is 10.3. The summed E-state index contributed by atoms with van der Waals surface area (Å²) >= 11 is 0. The fourth-order valence-corrected chi connectivity index (χ4v) is 2.54. The fourth-order valence-electron chi connectivity index (χ4n) is 2.54.